The predicted octanol–water partition coefficient (Wildman–Crippen LogP) is 0.517. The number of H-pyrrole nitrogens is 1. The van der Waals surface area contributed by atoms with Crippen LogP contribution in [0.2, 0.25) is 0 Å². The van der Waals surface area contributed by atoms with Crippen LogP contribution in [0.15, 0.2) is 12.4 Å². The number of aryl methyl sites for hydroxylation is 1. The van der Waals surface area contributed by atoms with Gasteiger partial charge in [-0.2, -0.15) is 0 Å². The number of rotatable bonds is 1. The van der Waals surface area contributed by atoms with E-state index in [2.05, 4.69) is 24.4 Å². The summed E-state index contributed by atoms with van der Waals surface area (Å²) in [6.45, 7) is 4.52. The maximum Gasteiger partial charge on any atom is 0.171 e. The number of nitrogens with two attached hydrogens (primary N) is 1. The number of hydrogen-bond acceptors (Lipinski definition) is 4. The molecule has 3 N–H and O–H groups in total. The molecule has 2 aromatic rings. The Labute approximate surface area is 93.1 Å². The van der Waals surface area contributed by atoms with Crippen molar-refractivity contribution in [1.82, 2.24) is 19.5 Å². The number of imidazole rings is 2. The van der Waals surface area contributed by atoms with Gasteiger partial charge in [0.15, 0.2) is 5.82 Å². The molecule has 3 heterocycles. The molecule has 0 saturated heterocycles. The van der Waals surface area contributed by atoms with E-state index < -0.39 is 0 Å². The molecule has 2 aromatic heterocycles. The first-order valence-corrected chi connectivity index (χ1v) is 5.31. The van der Waals surface area contributed by atoms with E-state index in [1.807, 2.05) is 19.3 Å². The first-order chi connectivity index (χ1) is 7.74. The van der Waals surface area contributed by atoms with Crippen LogP contribution in [-0.4, -0.2) is 26.1 Å². The number of aromatic amines is 1. The highest BCUT2D eigenvalue weighted by atomic mass is 15.3. The SMILES string of the molecule is Cc1nc(N2CCn3ccnc3C2)c(N)[nH]1. The minimum Gasteiger partial charge on any atom is -0.382 e. The smallest absolute Gasteiger partial charge is 0.171 e. The van der Waals surface area contributed by atoms with Gasteiger partial charge in [0.25, 0.3) is 0 Å². The second kappa shape index (κ2) is 3.26. The summed E-state index contributed by atoms with van der Waals surface area (Å²) in [6, 6.07) is 0. The number of anilines is 2. The largest absolute Gasteiger partial charge is 0.382 e. The molecule has 6 nitrogen and oxygen atoms in total. The van der Waals surface area contributed by atoms with Crippen LogP contribution in [0.3, 0.4) is 0 Å². The highest BCUT2D eigenvalue weighted by Crippen LogP contribution is 2.23. The van der Waals surface area contributed by atoms with Gasteiger partial charge in [-0.15, -0.1) is 0 Å². The van der Waals surface area contributed by atoms with Crippen molar-refractivity contribution >= 4 is 11.6 Å². The number of aromatic nitrogens is 4. The lowest BCUT2D eigenvalue weighted by Gasteiger charge is -2.27. The van der Waals surface area contributed by atoms with Crippen molar-refractivity contribution in [3.8, 4) is 0 Å². The first kappa shape index (κ1) is 9.26. The molecule has 0 radical (unpaired) electrons. The van der Waals surface area contributed by atoms with E-state index in [1.54, 1.807) is 0 Å². The summed E-state index contributed by atoms with van der Waals surface area (Å²) in [7, 11) is 0. The number of nitrogens with zero attached hydrogens (tertiary/aromatic N) is 4. The van der Waals surface area contributed by atoms with E-state index in [9.17, 15) is 0 Å². The molecule has 0 spiro atoms. The van der Waals surface area contributed by atoms with E-state index >= 15 is 0 Å². The number of hydrogen-bond donors (Lipinski definition) is 2. The first-order valence-electron chi connectivity index (χ1n) is 5.31. The Morgan fingerprint density at radius 1 is 1.44 bits per heavy atom. The van der Waals surface area contributed by atoms with Gasteiger partial charge in [-0.25, -0.2) is 9.97 Å². The molecule has 0 unspecified atom stereocenters. The van der Waals surface area contributed by atoms with Gasteiger partial charge in [0.2, 0.25) is 0 Å². The van der Waals surface area contributed by atoms with Crippen molar-refractivity contribution in [1.29, 1.82) is 0 Å². The Morgan fingerprint density at radius 3 is 3.06 bits per heavy atom. The Balaban J connectivity index is 1.91. The van der Waals surface area contributed by atoms with Gasteiger partial charge in [-0.3, -0.25) is 0 Å². The monoisotopic (exact) mass is 218 g/mol. The fraction of sp³-hybridized carbons (Fsp3) is 0.400. The molecule has 0 fully saturated rings. The van der Waals surface area contributed by atoms with Crippen LogP contribution in [0.5, 0.6) is 0 Å². The zero-order valence-electron chi connectivity index (χ0n) is 9.14. The lowest BCUT2D eigenvalue weighted by atomic mass is 10.3. The normalized spacial score (nSPS) is 15.2. The fourth-order valence-electron chi connectivity index (χ4n) is 2.09. The van der Waals surface area contributed by atoms with Crippen LogP contribution in [0.1, 0.15) is 11.6 Å². The van der Waals surface area contributed by atoms with E-state index in [0.717, 1.165) is 37.1 Å². The van der Waals surface area contributed by atoms with Crippen LogP contribution in [0, 0.1) is 6.92 Å². The molecule has 3 rings (SSSR count). The lowest BCUT2D eigenvalue weighted by Crippen LogP contribution is -2.34. The standard InChI is InChI=1S/C10H14N6/c1-7-13-9(11)10(14-7)16-5-4-15-3-2-12-8(15)6-16/h2-3H,4-6,11H2,1H3,(H,13,14). The summed E-state index contributed by atoms with van der Waals surface area (Å²) >= 11 is 0. The molecular formula is C10H14N6. The second-order valence-electron chi connectivity index (χ2n) is 4.02. The van der Waals surface area contributed by atoms with Crippen molar-refractivity contribution in [2.24, 2.45) is 0 Å². The molecule has 0 aromatic carbocycles. The predicted molar refractivity (Wildman–Crippen MR) is 61.0 cm³/mol. The zero-order chi connectivity index (χ0) is 11.1. The number of fused-ring (bicyclic) bond motifs is 1. The van der Waals surface area contributed by atoms with Gasteiger partial charge in [0.05, 0.1) is 6.54 Å². The molecule has 0 amide bonds. The summed E-state index contributed by atoms with van der Waals surface area (Å²) in [5, 5.41) is 0. The molecule has 1 aliphatic rings. The molecule has 0 bridgehead atoms. The van der Waals surface area contributed by atoms with Crippen molar-refractivity contribution in [2.45, 2.75) is 20.0 Å². The molecule has 6 heteroatoms. The third-order valence-corrected chi connectivity index (χ3v) is 2.87. The second-order valence-corrected chi connectivity index (χ2v) is 4.02. The van der Waals surface area contributed by atoms with Gasteiger partial charge in [0.1, 0.15) is 17.5 Å². The van der Waals surface area contributed by atoms with E-state index in [4.69, 9.17) is 5.73 Å². The maximum atomic E-state index is 5.88. The number of nitrogens with one attached hydrogen (secondary N) is 1. The third-order valence-electron chi connectivity index (χ3n) is 2.87. The average Bonchev–Trinajstić information content (AvgIpc) is 2.83. The Kier molecular flexibility index (Phi) is 1.89. The highest BCUT2D eigenvalue weighted by molar-refractivity contribution is 5.59. The molecule has 16 heavy (non-hydrogen) atoms. The maximum absolute atomic E-state index is 5.88. The molecule has 0 aliphatic carbocycles. The van der Waals surface area contributed by atoms with Crippen LogP contribution in [0.4, 0.5) is 11.6 Å². The highest BCUT2D eigenvalue weighted by Gasteiger charge is 2.20. The molecule has 84 valence electrons. The minimum absolute atomic E-state index is 0.637. The molecule has 0 atom stereocenters. The summed E-state index contributed by atoms with van der Waals surface area (Å²) in [4.78, 5) is 13.9. The molecule has 1 aliphatic heterocycles. The van der Waals surface area contributed by atoms with E-state index in [1.165, 1.54) is 0 Å². The Bertz CT molecular complexity index is 511. The zero-order valence-corrected chi connectivity index (χ0v) is 9.14. The van der Waals surface area contributed by atoms with E-state index in [-0.39, 0.29) is 0 Å². The van der Waals surface area contributed by atoms with Gasteiger partial charge < -0.3 is 20.2 Å². The topological polar surface area (TPSA) is 75.8 Å². The lowest BCUT2D eigenvalue weighted by molar-refractivity contribution is 0.557. The van der Waals surface area contributed by atoms with E-state index in [0.29, 0.717) is 5.82 Å². The van der Waals surface area contributed by atoms with Crippen molar-refractivity contribution in [3.05, 3.63) is 24.0 Å². The summed E-state index contributed by atoms with van der Waals surface area (Å²) in [6.07, 6.45) is 3.84. The van der Waals surface area contributed by atoms with Gasteiger partial charge >= 0.3 is 0 Å². The van der Waals surface area contributed by atoms with Gasteiger partial charge in [-0.1, -0.05) is 0 Å². The molecule has 0 saturated carbocycles. The quantitative estimate of drug-likeness (QED) is 0.731. The van der Waals surface area contributed by atoms with Crippen molar-refractivity contribution < 1.29 is 0 Å². The Morgan fingerprint density at radius 2 is 2.31 bits per heavy atom. The third kappa shape index (κ3) is 1.34. The average molecular weight is 218 g/mol. The van der Waals surface area contributed by atoms with Crippen LogP contribution in [0.25, 0.3) is 0 Å². The van der Waals surface area contributed by atoms with Crippen LogP contribution >= 0.6 is 0 Å². The van der Waals surface area contributed by atoms with Crippen molar-refractivity contribution in [3.63, 3.8) is 0 Å². The minimum atomic E-state index is 0.637. The van der Waals surface area contributed by atoms with Gasteiger partial charge in [0, 0.05) is 25.5 Å². The van der Waals surface area contributed by atoms with Gasteiger partial charge in [-0.05, 0) is 6.92 Å². The summed E-state index contributed by atoms with van der Waals surface area (Å²) < 4.78 is 2.16. The van der Waals surface area contributed by atoms with Crippen LogP contribution < -0.4 is 10.6 Å². The Hall–Kier alpha value is -1.98. The number of nitrogen functional groups attached to an aromatic ring is 1. The summed E-state index contributed by atoms with van der Waals surface area (Å²) in [5.41, 5.74) is 5.88. The van der Waals surface area contributed by atoms with Crippen molar-refractivity contribution in [2.75, 3.05) is 17.2 Å². The molecular weight excluding hydrogens is 204 g/mol. The summed E-state index contributed by atoms with van der Waals surface area (Å²) in [5.74, 6) is 3.39. The fourth-order valence-corrected chi connectivity index (χ4v) is 2.09. The van der Waals surface area contributed by atoms with Crippen LogP contribution in [-0.2, 0) is 13.1 Å².